The van der Waals surface area contributed by atoms with E-state index in [0.29, 0.717) is 11.6 Å². The van der Waals surface area contributed by atoms with Gasteiger partial charge in [0.05, 0.1) is 13.0 Å². The van der Waals surface area contributed by atoms with E-state index in [1.165, 1.54) is 11.3 Å². The molecule has 5 heteroatoms. The van der Waals surface area contributed by atoms with Crippen LogP contribution in [0.2, 0.25) is 0 Å². The van der Waals surface area contributed by atoms with Crippen LogP contribution in [0.15, 0.2) is 84.4 Å². The second-order valence-corrected chi connectivity index (χ2v) is 7.33. The highest BCUT2D eigenvalue weighted by molar-refractivity contribution is 7.11. The Bertz CT molecular complexity index is 1110. The van der Waals surface area contributed by atoms with Gasteiger partial charge >= 0.3 is 0 Å². The number of carbonyl (C=O) groups excluding carboxylic acids is 2. The quantitative estimate of drug-likeness (QED) is 0.342. The topological polar surface area (TPSA) is 50.3 Å². The van der Waals surface area contributed by atoms with E-state index >= 15 is 0 Å². The summed E-state index contributed by atoms with van der Waals surface area (Å²) in [6, 6.07) is 23.7. The number of amides is 1. The minimum atomic E-state index is -0.251. The average molecular weight is 386 g/mol. The molecule has 0 radical (unpaired) electrons. The fourth-order valence-electron chi connectivity index (χ4n) is 3.12. The third kappa shape index (κ3) is 4.00. The van der Waals surface area contributed by atoms with Crippen LogP contribution in [0, 0.1) is 0 Å². The Morgan fingerprint density at radius 3 is 2.39 bits per heavy atom. The van der Waals surface area contributed by atoms with Crippen molar-refractivity contribution in [1.82, 2.24) is 4.98 Å². The first-order chi connectivity index (χ1) is 13.7. The van der Waals surface area contributed by atoms with Crippen molar-refractivity contribution in [3.63, 3.8) is 0 Å². The average Bonchev–Trinajstić information content (AvgIpc) is 3.27. The maximum atomic E-state index is 13.0. The van der Waals surface area contributed by atoms with Crippen LogP contribution in [-0.2, 0) is 11.3 Å². The molecule has 0 bridgehead atoms. The number of hydrogen-bond donors (Lipinski definition) is 0. The molecule has 0 unspecified atom stereocenters. The lowest BCUT2D eigenvalue weighted by atomic mass is 10.1. The molecule has 0 saturated carbocycles. The summed E-state index contributed by atoms with van der Waals surface area (Å²) in [6.07, 6.45) is 1.38. The normalized spacial score (nSPS) is 10.7. The second kappa shape index (κ2) is 8.15. The first-order valence-corrected chi connectivity index (χ1v) is 9.84. The molecule has 0 fully saturated rings. The number of para-hydroxylation sites is 1. The number of fused-ring (bicyclic) bond motifs is 1. The van der Waals surface area contributed by atoms with E-state index in [1.807, 2.05) is 48.5 Å². The van der Waals surface area contributed by atoms with Gasteiger partial charge in [-0.1, -0.05) is 54.6 Å². The number of hydrogen-bond acceptors (Lipinski definition) is 4. The third-order valence-electron chi connectivity index (χ3n) is 4.51. The maximum Gasteiger partial charge on any atom is 0.235 e. The number of aromatic nitrogens is 1. The Labute approximate surface area is 167 Å². The number of carbonyl (C=O) groups is 2. The molecular formula is C23H18N2O2S. The first-order valence-electron chi connectivity index (χ1n) is 8.96. The van der Waals surface area contributed by atoms with Gasteiger partial charge in [-0.25, -0.2) is 4.98 Å². The molecule has 1 amide bonds. The molecule has 3 aromatic carbocycles. The number of Topliss-reactive ketones (excluding diaryl/α,β-unsaturated/α-hetero) is 1. The summed E-state index contributed by atoms with van der Waals surface area (Å²) in [6.45, 7) is 0.402. The third-order valence-corrected chi connectivity index (χ3v) is 5.32. The Kier molecular flexibility index (Phi) is 5.26. The first kappa shape index (κ1) is 18.1. The van der Waals surface area contributed by atoms with Gasteiger partial charge in [-0.3, -0.25) is 9.59 Å². The van der Waals surface area contributed by atoms with Crippen LogP contribution in [0.5, 0.6) is 0 Å². The van der Waals surface area contributed by atoms with Crippen LogP contribution in [-0.4, -0.2) is 16.7 Å². The van der Waals surface area contributed by atoms with Gasteiger partial charge in [-0.15, -0.1) is 11.3 Å². The van der Waals surface area contributed by atoms with Gasteiger partial charge < -0.3 is 4.90 Å². The van der Waals surface area contributed by atoms with Crippen LogP contribution < -0.4 is 4.90 Å². The van der Waals surface area contributed by atoms with Crippen LogP contribution >= 0.6 is 11.3 Å². The molecule has 28 heavy (non-hydrogen) atoms. The molecule has 138 valence electrons. The van der Waals surface area contributed by atoms with Gasteiger partial charge in [0.25, 0.3) is 0 Å². The number of rotatable bonds is 6. The Morgan fingerprint density at radius 2 is 1.64 bits per heavy atom. The van der Waals surface area contributed by atoms with E-state index < -0.39 is 0 Å². The molecule has 1 heterocycles. The Morgan fingerprint density at radius 1 is 0.893 bits per heavy atom. The number of anilines is 1. The van der Waals surface area contributed by atoms with Crippen LogP contribution in [0.1, 0.15) is 21.8 Å². The number of benzene rings is 3. The minimum absolute atomic E-state index is 0.198. The fourth-order valence-corrected chi connectivity index (χ4v) is 3.70. The van der Waals surface area contributed by atoms with Crippen molar-refractivity contribution in [3.05, 3.63) is 94.9 Å². The molecule has 0 N–H and O–H groups in total. The summed E-state index contributed by atoms with van der Waals surface area (Å²) < 4.78 is 0. The predicted molar refractivity (Wildman–Crippen MR) is 113 cm³/mol. The van der Waals surface area contributed by atoms with E-state index in [0.717, 1.165) is 22.0 Å². The van der Waals surface area contributed by atoms with E-state index in [2.05, 4.69) is 29.2 Å². The second-order valence-electron chi connectivity index (χ2n) is 6.43. The van der Waals surface area contributed by atoms with E-state index in [-0.39, 0.29) is 18.1 Å². The summed E-state index contributed by atoms with van der Waals surface area (Å²) in [4.78, 5) is 31.1. The zero-order chi connectivity index (χ0) is 19.3. The lowest BCUT2D eigenvalue weighted by Crippen LogP contribution is -2.32. The molecule has 1 aromatic heterocycles. The molecule has 4 rings (SSSR count). The van der Waals surface area contributed by atoms with Gasteiger partial charge in [0.1, 0.15) is 0 Å². The molecule has 0 aliphatic heterocycles. The lowest BCUT2D eigenvalue weighted by Gasteiger charge is -2.23. The Hall–Kier alpha value is -3.31. The van der Waals surface area contributed by atoms with Crippen molar-refractivity contribution in [2.75, 3.05) is 4.90 Å². The van der Waals surface area contributed by atoms with Gasteiger partial charge in [-0.05, 0) is 34.5 Å². The standard InChI is InChI=1S/C23H18N2O2S/c26-21(23-24-12-13-28-23)15-22(27)25(20-8-2-1-3-9-20)16-17-10-11-18-6-4-5-7-19(18)14-17/h1-14H,15-16H2. The van der Waals surface area contributed by atoms with Gasteiger partial charge in [0.15, 0.2) is 5.01 Å². The number of ketones is 1. The molecule has 0 saturated heterocycles. The van der Waals surface area contributed by atoms with Crippen molar-refractivity contribution < 1.29 is 9.59 Å². The van der Waals surface area contributed by atoms with Gasteiger partial charge in [0, 0.05) is 17.3 Å². The van der Waals surface area contributed by atoms with Crippen molar-refractivity contribution in [2.45, 2.75) is 13.0 Å². The van der Waals surface area contributed by atoms with E-state index in [9.17, 15) is 9.59 Å². The SMILES string of the molecule is O=C(CC(=O)N(Cc1ccc2ccccc2c1)c1ccccc1)c1nccs1. The van der Waals surface area contributed by atoms with Crippen LogP contribution in [0.4, 0.5) is 5.69 Å². The highest BCUT2D eigenvalue weighted by Crippen LogP contribution is 2.22. The highest BCUT2D eigenvalue weighted by atomic mass is 32.1. The molecule has 0 spiro atoms. The summed E-state index contributed by atoms with van der Waals surface area (Å²) in [5.74, 6) is -0.487. The predicted octanol–water partition coefficient (Wildman–Crippen LogP) is 5.10. The maximum absolute atomic E-state index is 13.0. The molecular weight excluding hydrogens is 368 g/mol. The summed E-state index contributed by atoms with van der Waals surface area (Å²) in [5, 5.41) is 4.39. The Balaban J connectivity index is 1.61. The monoisotopic (exact) mass is 386 g/mol. The van der Waals surface area contributed by atoms with E-state index in [4.69, 9.17) is 0 Å². The van der Waals surface area contributed by atoms with Crippen molar-refractivity contribution in [1.29, 1.82) is 0 Å². The van der Waals surface area contributed by atoms with E-state index in [1.54, 1.807) is 16.5 Å². The zero-order valence-electron chi connectivity index (χ0n) is 15.1. The van der Waals surface area contributed by atoms with Crippen molar-refractivity contribution in [3.8, 4) is 0 Å². The molecule has 4 nitrogen and oxygen atoms in total. The van der Waals surface area contributed by atoms with Crippen LogP contribution in [0.3, 0.4) is 0 Å². The molecule has 0 aliphatic rings. The van der Waals surface area contributed by atoms with Crippen molar-refractivity contribution >= 4 is 39.5 Å². The molecule has 0 aliphatic carbocycles. The summed E-state index contributed by atoms with van der Waals surface area (Å²) in [7, 11) is 0. The number of nitrogens with zero attached hydrogens (tertiary/aromatic N) is 2. The van der Waals surface area contributed by atoms with Crippen LogP contribution in [0.25, 0.3) is 10.8 Å². The van der Waals surface area contributed by atoms with Gasteiger partial charge in [0.2, 0.25) is 11.7 Å². The number of thiazole rings is 1. The molecule has 4 aromatic rings. The summed E-state index contributed by atoms with van der Waals surface area (Å²) >= 11 is 1.25. The zero-order valence-corrected chi connectivity index (χ0v) is 15.9. The van der Waals surface area contributed by atoms with Gasteiger partial charge in [-0.2, -0.15) is 0 Å². The smallest absolute Gasteiger partial charge is 0.235 e. The lowest BCUT2D eigenvalue weighted by molar-refractivity contribution is -0.117. The fraction of sp³-hybridized carbons (Fsp3) is 0.0870. The minimum Gasteiger partial charge on any atom is -0.308 e. The van der Waals surface area contributed by atoms with Crippen molar-refractivity contribution in [2.24, 2.45) is 0 Å². The largest absolute Gasteiger partial charge is 0.308 e. The summed E-state index contributed by atoms with van der Waals surface area (Å²) in [5.41, 5.74) is 1.78. The highest BCUT2D eigenvalue weighted by Gasteiger charge is 2.21. The molecule has 0 atom stereocenters.